The standard InChI is InChI=1S/C11H20N2O2/c1-11(4-5-12-8-11)10(15)13-6-2-3-9(13)7-14/h9,12,14H,2-8H2,1H3/t9-,11?/m0/s1. The maximum Gasteiger partial charge on any atom is 0.230 e. The molecule has 0 bridgehead atoms. The van der Waals surface area contributed by atoms with Gasteiger partial charge in [0.05, 0.1) is 18.1 Å². The first-order chi connectivity index (χ1) is 7.17. The van der Waals surface area contributed by atoms with Crippen LogP contribution in [0, 0.1) is 5.41 Å². The maximum atomic E-state index is 12.3. The zero-order valence-corrected chi connectivity index (χ0v) is 9.33. The Morgan fingerprint density at radius 2 is 2.47 bits per heavy atom. The highest BCUT2D eigenvalue weighted by Crippen LogP contribution is 2.30. The van der Waals surface area contributed by atoms with Gasteiger partial charge in [-0.1, -0.05) is 0 Å². The van der Waals surface area contributed by atoms with Crippen molar-refractivity contribution >= 4 is 5.91 Å². The van der Waals surface area contributed by atoms with Crippen LogP contribution in [0.25, 0.3) is 0 Å². The van der Waals surface area contributed by atoms with Gasteiger partial charge < -0.3 is 15.3 Å². The molecule has 0 radical (unpaired) electrons. The molecule has 1 amide bonds. The lowest BCUT2D eigenvalue weighted by Gasteiger charge is -2.31. The number of likely N-dealkylation sites (tertiary alicyclic amines) is 1. The summed E-state index contributed by atoms with van der Waals surface area (Å²) >= 11 is 0. The summed E-state index contributed by atoms with van der Waals surface area (Å²) < 4.78 is 0. The molecule has 0 aromatic rings. The number of nitrogens with zero attached hydrogens (tertiary/aromatic N) is 1. The van der Waals surface area contributed by atoms with Crippen molar-refractivity contribution in [3.05, 3.63) is 0 Å². The lowest BCUT2D eigenvalue weighted by atomic mass is 9.88. The van der Waals surface area contributed by atoms with Crippen molar-refractivity contribution in [3.63, 3.8) is 0 Å². The van der Waals surface area contributed by atoms with E-state index < -0.39 is 0 Å². The zero-order chi connectivity index (χ0) is 10.9. The predicted molar refractivity (Wildman–Crippen MR) is 57.4 cm³/mol. The summed E-state index contributed by atoms with van der Waals surface area (Å²) in [6, 6.07) is 0.0647. The van der Waals surface area contributed by atoms with Crippen LogP contribution in [0.1, 0.15) is 26.2 Å². The number of aliphatic hydroxyl groups excluding tert-OH is 1. The Morgan fingerprint density at radius 1 is 1.67 bits per heavy atom. The number of rotatable bonds is 2. The lowest BCUT2D eigenvalue weighted by Crippen LogP contribution is -2.46. The van der Waals surface area contributed by atoms with Crippen molar-refractivity contribution in [2.45, 2.75) is 32.2 Å². The number of amides is 1. The fraction of sp³-hybridized carbons (Fsp3) is 0.909. The Hall–Kier alpha value is -0.610. The number of hydrogen-bond acceptors (Lipinski definition) is 3. The van der Waals surface area contributed by atoms with Gasteiger partial charge >= 0.3 is 0 Å². The molecular formula is C11H20N2O2. The minimum atomic E-state index is -0.238. The largest absolute Gasteiger partial charge is 0.394 e. The molecule has 4 heteroatoms. The second kappa shape index (κ2) is 4.10. The van der Waals surface area contributed by atoms with E-state index in [2.05, 4.69) is 5.32 Å². The molecule has 0 aromatic carbocycles. The van der Waals surface area contributed by atoms with Gasteiger partial charge in [-0.15, -0.1) is 0 Å². The summed E-state index contributed by atoms with van der Waals surface area (Å²) in [6.07, 6.45) is 2.90. The third kappa shape index (κ3) is 1.88. The lowest BCUT2D eigenvalue weighted by molar-refractivity contribution is -0.141. The first-order valence-corrected chi connectivity index (χ1v) is 5.80. The summed E-state index contributed by atoms with van der Waals surface area (Å²) in [5.74, 6) is 0.226. The molecule has 0 saturated carbocycles. The van der Waals surface area contributed by atoms with Crippen molar-refractivity contribution in [1.29, 1.82) is 0 Å². The van der Waals surface area contributed by atoms with Gasteiger partial charge in [0.2, 0.25) is 5.91 Å². The number of hydrogen-bond donors (Lipinski definition) is 2. The molecule has 2 aliphatic rings. The highest BCUT2D eigenvalue weighted by Gasteiger charge is 2.42. The van der Waals surface area contributed by atoms with Crippen LogP contribution in [0.2, 0.25) is 0 Å². The van der Waals surface area contributed by atoms with Gasteiger partial charge in [-0.2, -0.15) is 0 Å². The third-order valence-corrected chi connectivity index (χ3v) is 3.73. The fourth-order valence-corrected chi connectivity index (χ4v) is 2.64. The minimum absolute atomic E-state index is 0.0647. The van der Waals surface area contributed by atoms with E-state index in [1.165, 1.54) is 0 Å². The Labute approximate surface area is 90.6 Å². The Bertz CT molecular complexity index is 249. The molecule has 2 saturated heterocycles. The second-order valence-electron chi connectivity index (χ2n) is 4.96. The molecule has 2 heterocycles. The van der Waals surface area contributed by atoms with Gasteiger partial charge in [-0.25, -0.2) is 0 Å². The van der Waals surface area contributed by atoms with Crippen LogP contribution in [-0.2, 0) is 4.79 Å². The van der Waals surface area contributed by atoms with Crippen LogP contribution in [0.5, 0.6) is 0 Å². The summed E-state index contributed by atoms with van der Waals surface area (Å²) in [7, 11) is 0. The van der Waals surface area contributed by atoms with E-state index in [0.717, 1.165) is 38.9 Å². The molecule has 86 valence electrons. The first kappa shape index (κ1) is 10.9. The normalized spacial score (nSPS) is 36.1. The van der Waals surface area contributed by atoms with Crippen LogP contribution in [0.3, 0.4) is 0 Å². The van der Waals surface area contributed by atoms with Crippen LogP contribution in [0.15, 0.2) is 0 Å². The first-order valence-electron chi connectivity index (χ1n) is 5.80. The summed E-state index contributed by atoms with van der Waals surface area (Å²) in [5, 5.41) is 12.4. The van der Waals surface area contributed by atoms with Crippen LogP contribution in [-0.4, -0.2) is 48.2 Å². The Kier molecular flexibility index (Phi) is 2.98. The van der Waals surface area contributed by atoms with Crippen LogP contribution >= 0.6 is 0 Å². The van der Waals surface area contributed by atoms with Gasteiger partial charge in [-0.3, -0.25) is 4.79 Å². The summed E-state index contributed by atoms with van der Waals surface area (Å²) in [4.78, 5) is 14.2. The molecule has 4 nitrogen and oxygen atoms in total. The quantitative estimate of drug-likeness (QED) is 0.676. The van der Waals surface area contributed by atoms with Crippen molar-refractivity contribution in [2.24, 2.45) is 5.41 Å². The van der Waals surface area contributed by atoms with Gasteiger partial charge in [-0.05, 0) is 32.7 Å². The van der Waals surface area contributed by atoms with Crippen molar-refractivity contribution in [3.8, 4) is 0 Å². The third-order valence-electron chi connectivity index (χ3n) is 3.73. The molecule has 2 aliphatic heterocycles. The summed E-state index contributed by atoms with van der Waals surface area (Å²) in [5.41, 5.74) is -0.238. The molecule has 0 aromatic heterocycles. The molecule has 2 rings (SSSR count). The van der Waals surface area contributed by atoms with E-state index in [1.54, 1.807) is 0 Å². The molecule has 2 N–H and O–H groups in total. The SMILES string of the molecule is CC1(C(=O)N2CCC[C@H]2CO)CCNC1. The van der Waals surface area contributed by atoms with Crippen molar-refractivity contribution in [2.75, 3.05) is 26.2 Å². The van der Waals surface area contributed by atoms with Crippen molar-refractivity contribution in [1.82, 2.24) is 10.2 Å². The molecule has 15 heavy (non-hydrogen) atoms. The van der Waals surface area contributed by atoms with E-state index in [4.69, 9.17) is 0 Å². The predicted octanol–water partition coefficient (Wildman–Crippen LogP) is -0.0307. The molecule has 2 fully saturated rings. The number of carbonyl (C=O) groups is 1. The number of carbonyl (C=O) groups excluding carboxylic acids is 1. The van der Waals surface area contributed by atoms with Gasteiger partial charge in [0.25, 0.3) is 0 Å². The second-order valence-corrected chi connectivity index (χ2v) is 4.96. The number of nitrogens with one attached hydrogen (secondary N) is 1. The molecule has 2 atom stereocenters. The van der Waals surface area contributed by atoms with Crippen molar-refractivity contribution < 1.29 is 9.90 Å². The average Bonchev–Trinajstić information content (AvgIpc) is 2.85. The molecular weight excluding hydrogens is 192 g/mol. The maximum absolute atomic E-state index is 12.3. The zero-order valence-electron chi connectivity index (χ0n) is 9.33. The van der Waals surface area contributed by atoms with Gasteiger partial charge in [0, 0.05) is 13.1 Å². The fourth-order valence-electron chi connectivity index (χ4n) is 2.64. The van der Waals surface area contributed by atoms with Crippen LogP contribution < -0.4 is 5.32 Å². The summed E-state index contributed by atoms with van der Waals surface area (Å²) in [6.45, 7) is 4.66. The highest BCUT2D eigenvalue weighted by atomic mass is 16.3. The Balaban J connectivity index is 2.06. The van der Waals surface area contributed by atoms with E-state index >= 15 is 0 Å². The monoisotopic (exact) mass is 212 g/mol. The van der Waals surface area contributed by atoms with E-state index in [-0.39, 0.29) is 24.0 Å². The van der Waals surface area contributed by atoms with E-state index in [9.17, 15) is 9.90 Å². The molecule has 0 aliphatic carbocycles. The van der Waals surface area contributed by atoms with E-state index in [0.29, 0.717) is 0 Å². The molecule has 1 unspecified atom stereocenters. The van der Waals surface area contributed by atoms with Gasteiger partial charge in [0.15, 0.2) is 0 Å². The van der Waals surface area contributed by atoms with Gasteiger partial charge in [0.1, 0.15) is 0 Å². The smallest absolute Gasteiger partial charge is 0.230 e. The minimum Gasteiger partial charge on any atom is -0.394 e. The molecule has 0 spiro atoms. The highest BCUT2D eigenvalue weighted by molar-refractivity contribution is 5.83. The number of aliphatic hydroxyl groups is 1. The van der Waals surface area contributed by atoms with E-state index in [1.807, 2.05) is 11.8 Å². The topological polar surface area (TPSA) is 52.6 Å². The average molecular weight is 212 g/mol. The Morgan fingerprint density at radius 3 is 3.07 bits per heavy atom. The van der Waals surface area contributed by atoms with Crippen LogP contribution in [0.4, 0.5) is 0 Å².